The van der Waals surface area contributed by atoms with Crippen molar-refractivity contribution in [2.45, 2.75) is 483 Å². The highest BCUT2D eigenvalue weighted by Gasteiger charge is 2.73. The minimum Gasteiger partial charge on any atom is -0.347 e. The minimum absolute atomic E-state index is 0.0323. The Balaban J connectivity index is 0.000000198. The number of nitrogens with one attached hydrogen (secondary N) is 9. The van der Waals surface area contributed by atoms with Gasteiger partial charge in [0.25, 0.3) is 17.7 Å². The lowest BCUT2D eigenvalue weighted by Crippen LogP contribution is -2.63. The van der Waals surface area contributed by atoms with Crippen molar-refractivity contribution in [3.05, 3.63) is 0 Å². The fourth-order valence-electron chi connectivity index (χ4n) is 24.9. The number of fused-ring (bicyclic) bond motifs is 3. The van der Waals surface area contributed by atoms with Gasteiger partial charge in [-0.2, -0.15) is 0 Å². The van der Waals surface area contributed by atoms with Gasteiger partial charge in [0.05, 0.1) is 66.2 Å². The summed E-state index contributed by atoms with van der Waals surface area (Å²) in [6.45, 7) is 47.4. The molecular weight excluding hydrogens is 1960 g/mol. The van der Waals surface area contributed by atoms with Crippen molar-refractivity contribution in [2.75, 3.05) is 36.9 Å². The van der Waals surface area contributed by atoms with Crippen molar-refractivity contribution in [1.29, 1.82) is 0 Å². The molecule has 842 valence electrons. The molecule has 33 nitrogen and oxygen atoms in total. The van der Waals surface area contributed by atoms with Crippen molar-refractivity contribution in [3.63, 3.8) is 0 Å². The number of urea groups is 3. The maximum atomic E-state index is 14.5. The Bertz CT molecular complexity index is 5140. The number of sulfone groups is 3. The molecule has 149 heavy (non-hydrogen) atoms. The number of ketones is 6. The van der Waals surface area contributed by atoms with Crippen molar-refractivity contribution in [1.82, 2.24) is 62.6 Å². The van der Waals surface area contributed by atoms with E-state index in [2.05, 4.69) is 89.4 Å². The fraction of sp³-hybridized carbons (Fsp3) is 0.867. The van der Waals surface area contributed by atoms with E-state index in [-0.39, 0.29) is 141 Å². The lowest BCUT2D eigenvalue weighted by atomic mass is 9.83. The highest BCUT2D eigenvalue weighted by molar-refractivity contribution is 7.93. The van der Waals surface area contributed by atoms with Crippen molar-refractivity contribution in [3.8, 4) is 0 Å². The fourth-order valence-corrected chi connectivity index (χ4v) is 29.4. The van der Waals surface area contributed by atoms with Crippen LogP contribution in [0.1, 0.15) is 398 Å². The van der Waals surface area contributed by atoms with E-state index in [0.717, 1.165) is 141 Å². The highest BCUT2D eigenvalue weighted by atomic mass is 32.2. The third-order valence-electron chi connectivity index (χ3n) is 36.4. The maximum absolute atomic E-state index is 14.5. The van der Waals surface area contributed by atoms with Crippen LogP contribution < -0.4 is 47.9 Å². The third-order valence-corrected chi connectivity index (χ3v) is 44.8. The summed E-state index contributed by atoms with van der Waals surface area (Å²) in [5, 5.41) is 26.2. The van der Waals surface area contributed by atoms with E-state index in [0.29, 0.717) is 95.7 Å². The topological polar surface area (TPSA) is 476 Å². The van der Waals surface area contributed by atoms with Gasteiger partial charge in [0.15, 0.2) is 46.9 Å². The first-order valence-electron chi connectivity index (χ1n) is 56.6. The van der Waals surface area contributed by atoms with Crippen LogP contribution in [0.5, 0.6) is 0 Å². The van der Waals surface area contributed by atoms with Crippen LogP contribution in [0.3, 0.4) is 0 Å². The van der Waals surface area contributed by atoms with Crippen LogP contribution in [0, 0.1) is 97.6 Å². The summed E-state index contributed by atoms with van der Waals surface area (Å²) >= 11 is 0. The molecule has 11 saturated carbocycles. The molecule has 0 radical (unpaired) electrons. The second kappa shape index (κ2) is 45.0. The number of hydrogen-bond acceptors (Lipinski definition) is 21. The van der Waals surface area contributed by atoms with Crippen LogP contribution in [-0.4, -0.2) is 250 Å². The molecule has 12 amide bonds. The van der Waals surface area contributed by atoms with Crippen molar-refractivity contribution >= 4 is 118 Å². The molecule has 0 aromatic carbocycles. The van der Waals surface area contributed by atoms with Crippen LogP contribution in [0.4, 0.5) is 14.4 Å². The normalized spacial score (nSPS) is 26.6. The molecule has 0 aromatic heterocycles. The first kappa shape index (κ1) is 120. The number of hydrogen-bond donors (Lipinski definition) is 9. The summed E-state index contributed by atoms with van der Waals surface area (Å²) in [4.78, 5) is 211. The van der Waals surface area contributed by atoms with Crippen LogP contribution in [0.2, 0.25) is 0 Å². The zero-order valence-corrected chi connectivity index (χ0v) is 97.1. The summed E-state index contributed by atoms with van der Waals surface area (Å²) in [6, 6.07) is -6.91. The molecule has 3 heterocycles. The van der Waals surface area contributed by atoms with Gasteiger partial charge in [-0.15, -0.1) is 0 Å². The number of carbonyl (C=O) groups excluding carboxylic acids is 15. The maximum Gasteiger partial charge on any atom is 0.315 e. The Hall–Kier alpha value is -7.50. The van der Waals surface area contributed by atoms with Crippen molar-refractivity contribution < 1.29 is 97.2 Å². The predicted molar refractivity (Wildman–Crippen MR) is 573 cm³/mol. The summed E-state index contributed by atoms with van der Waals surface area (Å²) in [5.41, 5.74) is -5.47. The monoisotopic (exact) mass is 2140 g/mol. The van der Waals surface area contributed by atoms with Crippen molar-refractivity contribution in [2.24, 2.45) is 97.6 Å². The molecular formula is C113H186N12O21S3. The van der Waals surface area contributed by atoms with Gasteiger partial charge < -0.3 is 62.6 Å². The van der Waals surface area contributed by atoms with Gasteiger partial charge in [-0.05, 0) is 251 Å². The van der Waals surface area contributed by atoms with E-state index in [1.54, 1.807) is 77.0 Å². The van der Waals surface area contributed by atoms with Gasteiger partial charge in [-0.3, -0.25) is 57.5 Å². The predicted octanol–water partition coefficient (Wildman–Crippen LogP) is 14.1. The molecule has 9 N–H and O–H groups in total. The molecule has 15 atom stereocenters. The number of amides is 12. The molecule has 1 unspecified atom stereocenters. The van der Waals surface area contributed by atoms with E-state index >= 15 is 0 Å². The van der Waals surface area contributed by atoms with E-state index in [9.17, 15) is 97.2 Å². The van der Waals surface area contributed by atoms with E-state index in [1.807, 2.05) is 69.2 Å². The SMILES string of the molecule is CC(C)(C)C(NC(=O)NC1(CS(=O)(=O)C(C)(C)C)CCCCC1)C(=O)N1C[C@H]2[C@@H]([C@H]1C(=O)C[C@H](CCC1CC1)C(=O)C(=O)NC1CC1)C2(C)C.CC(C)(C)[C@H](NC(=O)NC1(CS(=O)(=O)C(C)(C)C)CCCCC1)C(=O)N1C[C@H]2[C@@H]([C@H]1C(=O)C[C@@H](CCC1CC1)C(=O)C(=O)NC1CC1)C2(C)C.CCCC[C@H](CC(=O)[C@@H]1[C@@H]2[C@H](CN1C(=O)[C@@H](NC(=O)NC1(CS(=O)(=O)C(C)(C)C)CCCCC1)C(C)(C)C)C2(C)C)C(=O)C(=O)NC1CC1. The van der Waals surface area contributed by atoms with Crippen LogP contribution >= 0.6 is 0 Å². The molecule has 14 fully saturated rings. The summed E-state index contributed by atoms with van der Waals surface area (Å²) < 4.78 is 77.0. The molecule has 3 saturated heterocycles. The first-order chi connectivity index (χ1) is 68.7. The standard InChI is InChI=1S/2C38H62N4O7S.C37H62N4O7S/c2*1-35(2,3)31(40-34(47)41-38(18-10-9-11-19-38)22-50(48,49)36(4,5)6)33(46)42-21-26-28(37(26,7)8)29(42)27(43)20-24(15-14-23-12-13-23)30(44)32(45)39-25-16-17-25;1-10-11-15-23(29(43)31(44)38-24-16-17-24)20-26(42)28-27-25(36(27,8)9)21-41(28)32(45)30(34(2,3)4)39-33(46)40-37(18-13-12-14-19-37)22-49(47,48)35(5,6)7/h2*23-26,28-29,31H,9-22H2,1-8H3,(H,39,45)(H2,40,41,47);23-25,27-28,30H,10-22H2,1-9H3,(H,38,44)(H2,39,40,46)/t24-,26+,28+,29-,31-;24-,26-,28-,29+,31?;23-,25+,27+,28-,30-/m101/s1. The summed E-state index contributed by atoms with van der Waals surface area (Å²) in [7, 11) is -10.7. The summed E-state index contributed by atoms with van der Waals surface area (Å²) in [6.07, 6.45) is 24.6. The van der Waals surface area contributed by atoms with E-state index in [1.165, 1.54) is 0 Å². The number of piperidine rings is 3. The number of unbranched alkanes of at least 4 members (excludes halogenated alkanes) is 1. The Kier molecular flexibility index (Phi) is 36.3. The van der Waals surface area contributed by atoms with Gasteiger partial charge in [-0.25, -0.2) is 39.6 Å². The second-order valence-corrected chi connectivity index (χ2v) is 64.3. The average Bonchev–Trinajstić information content (AvgIpc) is 1.53. The molecule has 0 aromatic rings. The smallest absolute Gasteiger partial charge is 0.315 e. The second-order valence-electron chi connectivity index (χ2n) is 56.1. The third kappa shape index (κ3) is 29.3. The zero-order valence-electron chi connectivity index (χ0n) is 94.7. The Morgan fingerprint density at radius 3 is 0.752 bits per heavy atom. The molecule has 11 aliphatic carbocycles. The number of carbonyl (C=O) groups is 15. The molecule has 14 aliphatic rings. The first-order valence-corrected chi connectivity index (χ1v) is 61.6. The largest absolute Gasteiger partial charge is 0.347 e. The Labute approximate surface area is 889 Å². The molecule has 14 rings (SSSR count). The van der Waals surface area contributed by atoms with Gasteiger partial charge >= 0.3 is 18.1 Å². The molecule has 36 heteroatoms. The molecule has 3 aliphatic heterocycles. The van der Waals surface area contributed by atoms with Crippen LogP contribution in [-0.2, 0) is 87.0 Å². The van der Waals surface area contributed by atoms with Gasteiger partial charge in [0.2, 0.25) is 35.1 Å². The lowest BCUT2D eigenvalue weighted by Gasteiger charge is -2.41. The lowest BCUT2D eigenvalue weighted by molar-refractivity contribution is -0.145. The summed E-state index contributed by atoms with van der Waals surface area (Å²) in [5.74, 6) is -6.72. The number of nitrogens with zero attached hydrogens (tertiary/aromatic N) is 3. The van der Waals surface area contributed by atoms with Gasteiger partial charge in [0, 0.05) is 74.8 Å². The highest BCUT2D eigenvalue weighted by Crippen LogP contribution is 2.68. The quantitative estimate of drug-likeness (QED) is 0.0256. The Morgan fingerprint density at radius 2 is 0.550 bits per heavy atom. The molecule has 0 spiro atoms. The Morgan fingerprint density at radius 1 is 0.322 bits per heavy atom. The van der Waals surface area contributed by atoms with Gasteiger partial charge in [-0.1, -0.05) is 207 Å². The average molecular weight is 2140 g/mol. The van der Waals surface area contributed by atoms with Crippen LogP contribution in [0.15, 0.2) is 0 Å². The zero-order chi connectivity index (χ0) is 111. The number of rotatable bonds is 42. The molecule has 0 bridgehead atoms. The van der Waals surface area contributed by atoms with E-state index < -0.39 is 184 Å². The van der Waals surface area contributed by atoms with Crippen LogP contribution in [0.25, 0.3) is 0 Å². The van der Waals surface area contributed by atoms with Gasteiger partial charge in [0.1, 0.15) is 18.1 Å². The number of Topliss-reactive ketones (excluding diaryl/α,β-unsaturated/α-hetero) is 6. The number of likely N-dealkylation sites (tertiary alicyclic amines) is 3. The van der Waals surface area contributed by atoms with E-state index in [4.69, 9.17) is 0 Å². The minimum atomic E-state index is -3.55.